The van der Waals surface area contributed by atoms with Crippen molar-refractivity contribution in [2.24, 2.45) is 0 Å². The van der Waals surface area contributed by atoms with Gasteiger partial charge in [0.1, 0.15) is 5.75 Å². The van der Waals surface area contributed by atoms with E-state index in [1.54, 1.807) is 19.2 Å². The Kier molecular flexibility index (Phi) is 4.74. The van der Waals surface area contributed by atoms with Crippen molar-refractivity contribution in [1.82, 2.24) is 4.98 Å². The van der Waals surface area contributed by atoms with E-state index >= 15 is 0 Å². The Bertz CT molecular complexity index is 549. The fraction of sp³-hybridized carbons (Fsp3) is 0.353. The molecule has 2 rings (SSSR count). The van der Waals surface area contributed by atoms with Gasteiger partial charge in [-0.3, -0.25) is 0 Å². The van der Waals surface area contributed by atoms with Crippen molar-refractivity contribution in [3.05, 3.63) is 53.7 Å². The highest BCUT2D eigenvalue weighted by molar-refractivity contribution is 5.38. The number of rotatable bonds is 5. The maximum atomic E-state index is 9.47. The molecule has 0 spiro atoms. The summed E-state index contributed by atoms with van der Waals surface area (Å²) in [6.45, 7) is 6.07. The van der Waals surface area contributed by atoms with E-state index in [0.717, 1.165) is 17.7 Å². The first-order valence-corrected chi connectivity index (χ1v) is 7.02. The number of aliphatic hydroxyl groups is 1. The number of aromatic nitrogens is 1. The molecule has 106 valence electrons. The quantitative estimate of drug-likeness (QED) is 0.874. The van der Waals surface area contributed by atoms with Gasteiger partial charge in [-0.2, -0.15) is 0 Å². The first-order chi connectivity index (χ1) is 9.61. The van der Waals surface area contributed by atoms with E-state index in [9.17, 15) is 5.11 Å². The van der Waals surface area contributed by atoms with Gasteiger partial charge in [0.25, 0.3) is 0 Å². The largest absolute Gasteiger partial charge is 0.439 e. The number of ether oxygens (including phenoxy) is 1. The van der Waals surface area contributed by atoms with Gasteiger partial charge < -0.3 is 9.84 Å². The number of benzene rings is 1. The molecular weight excluding hydrogens is 250 g/mol. The molecule has 20 heavy (non-hydrogen) atoms. The zero-order valence-corrected chi connectivity index (χ0v) is 12.2. The molecule has 0 saturated carbocycles. The van der Waals surface area contributed by atoms with Crippen LogP contribution in [-0.2, 0) is 0 Å². The highest BCUT2D eigenvalue weighted by atomic mass is 16.5. The van der Waals surface area contributed by atoms with E-state index in [2.05, 4.69) is 24.9 Å². The highest BCUT2D eigenvalue weighted by Gasteiger charge is 2.11. The molecule has 0 amide bonds. The molecule has 0 aliphatic rings. The Hall–Kier alpha value is -1.87. The van der Waals surface area contributed by atoms with Crippen LogP contribution >= 0.6 is 0 Å². The van der Waals surface area contributed by atoms with E-state index in [-0.39, 0.29) is 0 Å². The van der Waals surface area contributed by atoms with Crippen LogP contribution in [-0.4, -0.2) is 10.1 Å². The fourth-order valence-electron chi connectivity index (χ4n) is 2.01. The third-order valence-electron chi connectivity index (χ3n) is 3.52. The Labute approximate surface area is 120 Å². The number of pyridine rings is 1. The predicted octanol–water partition coefficient (Wildman–Crippen LogP) is 4.44. The molecule has 3 heteroatoms. The topological polar surface area (TPSA) is 42.4 Å². The van der Waals surface area contributed by atoms with Crippen LogP contribution in [0.25, 0.3) is 0 Å². The van der Waals surface area contributed by atoms with Crippen LogP contribution in [0.2, 0.25) is 0 Å². The smallest absolute Gasteiger partial charge is 0.219 e. The third kappa shape index (κ3) is 3.36. The molecule has 0 fully saturated rings. The lowest BCUT2D eigenvalue weighted by molar-refractivity contribution is 0.198. The molecule has 0 saturated heterocycles. The lowest BCUT2D eigenvalue weighted by atomic mass is 9.98. The SMILES string of the molecule is CCC(C)c1ccccc1Oc1ccc([C@H](C)O)cn1. The van der Waals surface area contributed by atoms with Gasteiger partial charge in [0, 0.05) is 12.3 Å². The molecule has 1 heterocycles. The van der Waals surface area contributed by atoms with Crippen molar-refractivity contribution in [1.29, 1.82) is 0 Å². The number of hydrogen-bond acceptors (Lipinski definition) is 3. The van der Waals surface area contributed by atoms with Gasteiger partial charge >= 0.3 is 0 Å². The fourth-order valence-corrected chi connectivity index (χ4v) is 2.01. The number of aliphatic hydroxyl groups excluding tert-OH is 1. The molecule has 2 aromatic rings. The van der Waals surface area contributed by atoms with Gasteiger partial charge in [-0.1, -0.05) is 32.0 Å². The molecule has 2 atom stereocenters. The lowest BCUT2D eigenvalue weighted by Crippen LogP contribution is -1.98. The van der Waals surface area contributed by atoms with Crippen LogP contribution in [0, 0.1) is 0 Å². The number of hydrogen-bond donors (Lipinski definition) is 1. The molecular formula is C17H21NO2. The Morgan fingerprint density at radius 2 is 1.90 bits per heavy atom. The van der Waals surface area contributed by atoms with E-state index in [1.165, 1.54) is 5.56 Å². The Balaban J connectivity index is 2.21. The summed E-state index contributed by atoms with van der Waals surface area (Å²) in [4.78, 5) is 4.24. The van der Waals surface area contributed by atoms with Gasteiger partial charge in [0.2, 0.25) is 5.88 Å². The monoisotopic (exact) mass is 271 g/mol. The van der Waals surface area contributed by atoms with E-state index in [4.69, 9.17) is 4.74 Å². The molecule has 3 nitrogen and oxygen atoms in total. The normalized spacial score (nSPS) is 13.8. The number of nitrogens with zero attached hydrogens (tertiary/aromatic N) is 1. The summed E-state index contributed by atoms with van der Waals surface area (Å²) in [6.07, 6.45) is 2.20. The minimum Gasteiger partial charge on any atom is -0.439 e. The van der Waals surface area contributed by atoms with E-state index in [1.807, 2.05) is 24.3 Å². The predicted molar refractivity (Wildman–Crippen MR) is 80.1 cm³/mol. The molecule has 1 unspecified atom stereocenters. The Morgan fingerprint density at radius 1 is 1.15 bits per heavy atom. The molecule has 0 radical (unpaired) electrons. The first-order valence-electron chi connectivity index (χ1n) is 7.02. The maximum absolute atomic E-state index is 9.47. The average Bonchev–Trinajstić information content (AvgIpc) is 2.47. The minimum atomic E-state index is -0.510. The molecule has 0 bridgehead atoms. The lowest BCUT2D eigenvalue weighted by Gasteiger charge is -2.15. The second-order valence-corrected chi connectivity index (χ2v) is 5.05. The zero-order valence-electron chi connectivity index (χ0n) is 12.2. The number of para-hydroxylation sites is 1. The Morgan fingerprint density at radius 3 is 2.50 bits per heavy atom. The standard InChI is InChI=1S/C17H21NO2/c1-4-12(2)15-7-5-6-8-16(15)20-17-10-9-14(11-18-17)13(3)19/h5-13,19H,4H2,1-3H3/t12?,13-/m0/s1. The summed E-state index contributed by atoms with van der Waals surface area (Å²) in [5.41, 5.74) is 1.98. The zero-order chi connectivity index (χ0) is 14.5. The van der Waals surface area contributed by atoms with Crippen molar-refractivity contribution >= 4 is 0 Å². The van der Waals surface area contributed by atoms with Crippen LogP contribution in [0.15, 0.2) is 42.6 Å². The summed E-state index contributed by atoms with van der Waals surface area (Å²) >= 11 is 0. The second kappa shape index (κ2) is 6.53. The molecule has 1 N–H and O–H groups in total. The van der Waals surface area contributed by atoms with Crippen LogP contribution in [0.3, 0.4) is 0 Å². The summed E-state index contributed by atoms with van der Waals surface area (Å²) in [5, 5.41) is 9.47. The summed E-state index contributed by atoms with van der Waals surface area (Å²) < 4.78 is 5.87. The van der Waals surface area contributed by atoms with Gasteiger partial charge in [-0.15, -0.1) is 0 Å². The summed E-state index contributed by atoms with van der Waals surface area (Å²) in [7, 11) is 0. The molecule has 1 aromatic carbocycles. The van der Waals surface area contributed by atoms with E-state index < -0.39 is 6.10 Å². The van der Waals surface area contributed by atoms with Crippen LogP contribution in [0.5, 0.6) is 11.6 Å². The third-order valence-corrected chi connectivity index (χ3v) is 3.52. The van der Waals surface area contributed by atoms with Gasteiger partial charge in [-0.05, 0) is 42.5 Å². The highest BCUT2D eigenvalue weighted by Crippen LogP contribution is 2.31. The summed E-state index contributed by atoms with van der Waals surface area (Å²) in [6, 6.07) is 11.7. The molecule has 1 aromatic heterocycles. The van der Waals surface area contributed by atoms with Crippen molar-refractivity contribution in [3.63, 3.8) is 0 Å². The van der Waals surface area contributed by atoms with Gasteiger partial charge in [0.05, 0.1) is 6.10 Å². The van der Waals surface area contributed by atoms with Crippen molar-refractivity contribution in [2.75, 3.05) is 0 Å². The molecule has 0 aliphatic heterocycles. The summed E-state index contributed by atoms with van der Waals surface area (Å²) in [5.74, 6) is 1.84. The van der Waals surface area contributed by atoms with Crippen LogP contribution in [0.1, 0.15) is 50.3 Å². The minimum absolute atomic E-state index is 0.447. The van der Waals surface area contributed by atoms with Crippen molar-refractivity contribution in [2.45, 2.75) is 39.2 Å². The van der Waals surface area contributed by atoms with E-state index in [0.29, 0.717) is 11.8 Å². The maximum Gasteiger partial charge on any atom is 0.219 e. The van der Waals surface area contributed by atoms with Gasteiger partial charge in [0.15, 0.2) is 0 Å². The van der Waals surface area contributed by atoms with Crippen molar-refractivity contribution < 1.29 is 9.84 Å². The second-order valence-electron chi connectivity index (χ2n) is 5.05. The van der Waals surface area contributed by atoms with Crippen LogP contribution in [0.4, 0.5) is 0 Å². The molecule has 0 aliphatic carbocycles. The van der Waals surface area contributed by atoms with Crippen LogP contribution < -0.4 is 4.74 Å². The average molecular weight is 271 g/mol. The van der Waals surface area contributed by atoms with Gasteiger partial charge in [-0.25, -0.2) is 4.98 Å². The van der Waals surface area contributed by atoms with Crippen molar-refractivity contribution in [3.8, 4) is 11.6 Å². The first kappa shape index (κ1) is 14.5.